The minimum Gasteiger partial charge on any atom is -0.493 e. The SMILES string of the molecule is COc1cc(/C=C2\C(=O)NN(c3ccc(I)cc3)C2=O)ccc1OC(C)=O. The summed E-state index contributed by atoms with van der Waals surface area (Å²) in [6.45, 7) is 1.29. The maximum absolute atomic E-state index is 12.6. The molecule has 2 aromatic rings. The topological polar surface area (TPSA) is 84.9 Å². The number of rotatable bonds is 4. The molecule has 1 heterocycles. The van der Waals surface area contributed by atoms with E-state index < -0.39 is 17.8 Å². The number of carbonyl (C=O) groups excluding carboxylic acids is 3. The molecule has 1 aliphatic heterocycles. The predicted molar refractivity (Wildman–Crippen MR) is 107 cm³/mol. The first kappa shape index (κ1) is 18.9. The van der Waals surface area contributed by atoms with Crippen molar-refractivity contribution in [1.29, 1.82) is 0 Å². The number of methoxy groups -OCH3 is 1. The number of hydrazine groups is 1. The van der Waals surface area contributed by atoms with E-state index in [1.54, 1.807) is 30.3 Å². The number of nitrogens with one attached hydrogen (secondary N) is 1. The lowest BCUT2D eigenvalue weighted by Crippen LogP contribution is -2.35. The summed E-state index contributed by atoms with van der Waals surface area (Å²) in [7, 11) is 1.44. The summed E-state index contributed by atoms with van der Waals surface area (Å²) in [4.78, 5) is 36.0. The van der Waals surface area contributed by atoms with E-state index in [9.17, 15) is 14.4 Å². The van der Waals surface area contributed by atoms with Crippen molar-refractivity contribution in [3.8, 4) is 11.5 Å². The molecule has 7 nitrogen and oxygen atoms in total. The van der Waals surface area contributed by atoms with Gasteiger partial charge in [0, 0.05) is 10.5 Å². The van der Waals surface area contributed by atoms with Crippen molar-refractivity contribution < 1.29 is 23.9 Å². The van der Waals surface area contributed by atoms with Crippen molar-refractivity contribution in [2.75, 3.05) is 12.1 Å². The Kier molecular flexibility index (Phi) is 5.45. The Morgan fingerprint density at radius 1 is 1.11 bits per heavy atom. The molecule has 0 atom stereocenters. The van der Waals surface area contributed by atoms with E-state index in [-0.39, 0.29) is 11.3 Å². The zero-order valence-electron chi connectivity index (χ0n) is 14.5. The Labute approximate surface area is 169 Å². The lowest BCUT2D eigenvalue weighted by molar-refractivity contribution is -0.132. The Morgan fingerprint density at radius 3 is 2.44 bits per heavy atom. The van der Waals surface area contributed by atoms with Gasteiger partial charge in [-0.3, -0.25) is 19.8 Å². The standard InChI is InChI=1S/C19H15IN2O5/c1-11(23)27-16-8-3-12(10-17(16)26-2)9-15-18(24)21-22(19(15)25)14-6-4-13(20)5-7-14/h3-10H,1-2H3,(H,21,24)/b15-9+. The van der Waals surface area contributed by atoms with Crippen LogP contribution in [0, 0.1) is 3.57 Å². The van der Waals surface area contributed by atoms with Gasteiger partial charge in [-0.1, -0.05) is 6.07 Å². The third kappa shape index (κ3) is 4.11. The Bertz CT molecular complexity index is 953. The summed E-state index contributed by atoms with van der Waals surface area (Å²) in [5, 5.41) is 1.20. The van der Waals surface area contributed by atoms with Crippen molar-refractivity contribution >= 4 is 52.1 Å². The number of anilines is 1. The highest BCUT2D eigenvalue weighted by Gasteiger charge is 2.34. The van der Waals surface area contributed by atoms with Crippen LogP contribution in [0.3, 0.4) is 0 Å². The average Bonchev–Trinajstić information content (AvgIpc) is 2.91. The molecular formula is C19H15IN2O5. The first-order valence-corrected chi connectivity index (χ1v) is 8.96. The number of carbonyl (C=O) groups is 3. The second-order valence-electron chi connectivity index (χ2n) is 5.62. The smallest absolute Gasteiger partial charge is 0.308 e. The molecule has 8 heteroatoms. The summed E-state index contributed by atoms with van der Waals surface area (Å²) in [5.41, 5.74) is 3.68. The Morgan fingerprint density at radius 2 is 1.81 bits per heavy atom. The van der Waals surface area contributed by atoms with Crippen LogP contribution in [-0.4, -0.2) is 24.9 Å². The van der Waals surface area contributed by atoms with E-state index in [4.69, 9.17) is 9.47 Å². The third-order valence-electron chi connectivity index (χ3n) is 3.73. The van der Waals surface area contributed by atoms with Crippen molar-refractivity contribution in [3.63, 3.8) is 0 Å². The van der Waals surface area contributed by atoms with Crippen LogP contribution in [0.4, 0.5) is 5.69 Å². The van der Waals surface area contributed by atoms with E-state index in [2.05, 4.69) is 28.0 Å². The average molecular weight is 478 g/mol. The fraction of sp³-hybridized carbons (Fsp3) is 0.105. The molecule has 1 saturated heterocycles. The molecule has 3 rings (SSSR count). The van der Waals surface area contributed by atoms with Gasteiger partial charge in [0.1, 0.15) is 5.57 Å². The lowest BCUT2D eigenvalue weighted by Gasteiger charge is -2.14. The molecule has 0 saturated carbocycles. The molecule has 1 aliphatic rings. The molecule has 0 aliphatic carbocycles. The number of halogens is 1. The molecule has 138 valence electrons. The quantitative estimate of drug-likeness (QED) is 0.240. The number of esters is 1. The minimum absolute atomic E-state index is 0.00385. The van der Waals surface area contributed by atoms with Gasteiger partial charge in [0.15, 0.2) is 11.5 Å². The van der Waals surface area contributed by atoms with Crippen LogP contribution in [0.1, 0.15) is 12.5 Å². The first-order valence-electron chi connectivity index (χ1n) is 7.88. The summed E-state index contributed by atoms with van der Waals surface area (Å²) >= 11 is 2.16. The molecule has 2 amide bonds. The minimum atomic E-state index is -0.499. The van der Waals surface area contributed by atoms with Crippen LogP contribution in [0.5, 0.6) is 11.5 Å². The molecule has 0 unspecified atom stereocenters. The van der Waals surface area contributed by atoms with Gasteiger partial charge < -0.3 is 9.47 Å². The molecule has 1 N–H and O–H groups in total. The van der Waals surface area contributed by atoms with E-state index in [1.165, 1.54) is 25.1 Å². The number of hydrogen-bond acceptors (Lipinski definition) is 5. The maximum Gasteiger partial charge on any atom is 0.308 e. The fourth-order valence-corrected chi connectivity index (χ4v) is 2.87. The summed E-state index contributed by atoms with van der Waals surface area (Å²) < 4.78 is 11.3. The highest BCUT2D eigenvalue weighted by molar-refractivity contribution is 14.1. The zero-order valence-corrected chi connectivity index (χ0v) is 16.6. The van der Waals surface area contributed by atoms with Crippen molar-refractivity contribution in [1.82, 2.24) is 5.43 Å². The molecule has 0 spiro atoms. The molecular weight excluding hydrogens is 463 g/mol. The van der Waals surface area contributed by atoms with Crippen LogP contribution in [-0.2, 0) is 14.4 Å². The first-order chi connectivity index (χ1) is 12.9. The molecule has 0 radical (unpaired) electrons. The van der Waals surface area contributed by atoms with E-state index in [0.29, 0.717) is 17.0 Å². The van der Waals surface area contributed by atoms with Gasteiger partial charge in [-0.05, 0) is 70.6 Å². The predicted octanol–water partition coefficient (Wildman–Crippen LogP) is 2.69. The fourth-order valence-electron chi connectivity index (χ4n) is 2.51. The Balaban J connectivity index is 1.90. The molecule has 0 aromatic heterocycles. The van der Waals surface area contributed by atoms with Gasteiger partial charge >= 0.3 is 5.97 Å². The van der Waals surface area contributed by atoms with Crippen LogP contribution in [0.15, 0.2) is 48.0 Å². The molecule has 2 aromatic carbocycles. The summed E-state index contributed by atoms with van der Waals surface area (Å²) in [6, 6.07) is 11.9. The second-order valence-corrected chi connectivity index (χ2v) is 6.87. The van der Waals surface area contributed by atoms with Crippen LogP contribution in [0.25, 0.3) is 6.08 Å². The monoisotopic (exact) mass is 478 g/mol. The van der Waals surface area contributed by atoms with Crippen molar-refractivity contribution in [2.24, 2.45) is 0 Å². The maximum atomic E-state index is 12.6. The number of hydrogen-bond donors (Lipinski definition) is 1. The highest BCUT2D eigenvalue weighted by atomic mass is 127. The summed E-state index contributed by atoms with van der Waals surface area (Å²) in [5.74, 6) is -0.849. The van der Waals surface area contributed by atoms with E-state index in [0.717, 1.165) is 3.57 Å². The van der Waals surface area contributed by atoms with Gasteiger partial charge in [0.25, 0.3) is 11.8 Å². The number of benzene rings is 2. The lowest BCUT2D eigenvalue weighted by atomic mass is 10.1. The van der Waals surface area contributed by atoms with Gasteiger partial charge in [0.2, 0.25) is 0 Å². The highest BCUT2D eigenvalue weighted by Crippen LogP contribution is 2.30. The van der Waals surface area contributed by atoms with Crippen molar-refractivity contribution in [2.45, 2.75) is 6.92 Å². The third-order valence-corrected chi connectivity index (χ3v) is 4.45. The largest absolute Gasteiger partial charge is 0.493 e. The van der Waals surface area contributed by atoms with E-state index in [1.807, 2.05) is 12.1 Å². The van der Waals surface area contributed by atoms with Crippen LogP contribution >= 0.6 is 22.6 Å². The van der Waals surface area contributed by atoms with Gasteiger partial charge in [-0.2, -0.15) is 0 Å². The molecule has 0 bridgehead atoms. The normalized spacial score (nSPS) is 15.1. The number of nitrogens with zero attached hydrogens (tertiary/aromatic N) is 1. The van der Waals surface area contributed by atoms with Crippen LogP contribution in [0.2, 0.25) is 0 Å². The summed E-state index contributed by atoms with van der Waals surface area (Å²) in [6.07, 6.45) is 1.46. The number of ether oxygens (including phenoxy) is 2. The van der Waals surface area contributed by atoms with Gasteiger partial charge in [-0.15, -0.1) is 0 Å². The van der Waals surface area contributed by atoms with Gasteiger partial charge in [0.05, 0.1) is 12.8 Å². The Hall–Kier alpha value is -2.88. The zero-order chi connectivity index (χ0) is 19.6. The van der Waals surface area contributed by atoms with E-state index >= 15 is 0 Å². The molecule has 27 heavy (non-hydrogen) atoms. The second kappa shape index (κ2) is 7.78. The molecule has 1 fully saturated rings. The number of amides is 2. The van der Waals surface area contributed by atoms with Crippen molar-refractivity contribution in [3.05, 3.63) is 57.2 Å². The van der Waals surface area contributed by atoms with Crippen LogP contribution < -0.4 is 19.9 Å². The van der Waals surface area contributed by atoms with Gasteiger partial charge in [-0.25, -0.2) is 5.01 Å².